The van der Waals surface area contributed by atoms with Gasteiger partial charge in [0.25, 0.3) is 0 Å². The van der Waals surface area contributed by atoms with Crippen molar-refractivity contribution in [1.29, 1.82) is 0 Å². The topological polar surface area (TPSA) is 237 Å². The molecule has 0 aromatic carbocycles. The van der Waals surface area contributed by atoms with E-state index >= 15 is 0 Å². The summed E-state index contributed by atoms with van der Waals surface area (Å²) in [7, 11) is -9.89. The second kappa shape index (κ2) is 60.6. The van der Waals surface area contributed by atoms with Crippen LogP contribution in [0.4, 0.5) is 0 Å². The third-order valence-electron chi connectivity index (χ3n) is 15.5. The normalized spacial score (nSPS) is 14.2. The standard InChI is InChI=1S/C67H130O17P2/c1-6-9-12-15-18-20-22-24-25-26-27-29-31-37-42-47-52-66(71)83-63(57-78-65(70)51-46-41-36-30-28-23-21-19-16-13-10-7-2)59-82-86(75,76)80-55-61(68)54-79-85(73,74)81-58-62(56-77-64(69)50-45-40-34-17-14-11-8-3)84-67(72)53-48-43-38-33-32-35-39-44-49-60(4)5/h60-63,68H,6-59H2,1-5H3,(H,73,74)(H,75,76)/t61-,62+,63+/m0/s1. The number of ether oxygens (including phenoxy) is 4. The van der Waals surface area contributed by atoms with Gasteiger partial charge in [-0.3, -0.25) is 37.3 Å². The fourth-order valence-corrected chi connectivity index (χ4v) is 11.7. The SMILES string of the molecule is CCCCCCCCCCCCCCCCCCC(=O)O[C@H](COC(=O)CCCCCCCCCCCCCC)COP(=O)(O)OC[C@@H](O)COP(=O)(O)OC[C@@H](COC(=O)CCCCCCCCC)OC(=O)CCCCCCCCCCC(C)C. The summed E-state index contributed by atoms with van der Waals surface area (Å²) in [4.78, 5) is 72.3. The quantitative estimate of drug-likeness (QED) is 0.0222. The van der Waals surface area contributed by atoms with Crippen molar-refractivity contribution in [2.24, 2.45) is 5.92 Å². The second-order valence-corrected chi connectivity index (χ2v) is 27.6. The lowest BCUT2D eigenvalue weighted by molar-refractivity contribution is -0.161. The Morgan fingerprint density at radius 3 is 0.791 bits per heavy atom. The summed E-state index contributed by atoms with van der Waals surface area (Å²) in [5.41, 5.74) is 0. The van der Waals surface area contributed by atoms with Gasteiger partial charge < -0.3 is 33.8 Å². The molecule has 0 aromatic rings. The summed E-state index contributed by atoms with van der Waals surface area (Å²) in [6.45, 7) is 7.14. The average molecular weight is 1270 g/mol. The molecule has 0 aliphatic carbocycles. The molecule has 0 rings (SSSR count). The molecule has 0 aliphatic heterocycles. The van der Waals surface area contributed by atoms with Gasteiger partial charge in [0.1, 0.15) is 19.3 Å². The molecule has 0 heterocycles. The largest absolute Gasteiger partial charge is 0.472 e. The van der Waals surface area contributed by atoms with Crippen LogP contribution in [0.15, 0.2) is 0 Å². The third-order valence-corrected chi connectivity index (χ3v) is 17.4. The molecule has 86 heavy (non-hydrogen) atoms. The molecule has 0 saturated heterocycles. The Hall–Kier alpha value is -1.94. The number of rotatable bonds is 67. The Bertz CT molecular complexity index is 1670. The Morgan fingerprint density at radius 2 is 0.535 bits per heavy atom. The zero-order chi connectivity index (χ0) is 63.5. The van der Waals surface area contributed by atoms with Crippen molar-refractivity contribution in [2.75, 3.05) is 39.6 Å². The first-order chi connectivity index (χ1) is 41.5. The van der Waals surface area contributed by atoms with Crippen LogP contribution in [0.25, 0.3) is 0 Å². The number of carbonyl (C=O) groups is 4. The molecular weight excluding hydrogens is 1140 g/mol. The van der Waals surface area contributed by atoms with E-state index in [-0.39, 0.29) is 25.7 Å². The molecule has 0 bridgehead atoms. The lowest BCUT2D eigenvalue weighted by Crippen LogP contribution is -2.30. The van der Waals surface area contributed by atoms with Crippen molar-refractivity contribution in [3.05, 3.63) is 0 Å². The molecule has 3 N–H and O–H groups in total. The first-order valence-electron chi connectivity index (χ1n) is 35.1. The van der Waals surface area contributed by atoms with E-state index in [9.17, 15) is 43.2 Å². The zero-order valence-electron chi connectivity index (χ0n) is 55.4. The minimum atomic E-state index is -4.95. The fraction of sp³-hybridized carbons (Fsp3) is 0.940. The van der Waals surface area contributed by atoms with E-state index in [2.05, 4.69) is 34.6 Å². The van der Waals surface area contributed by atoms with E-state index in [1.54, 1.807) is 0 Å². The van der Waals surface area contributed by atoms with Gasteiger partial charge in [-0.05, 0) is 31.6 Å². The predicted molar refractivity (Wildman–Crippen MR) is 345 cm³/mol. The van der Waals surface area contributed by atoms with Crippen LogP contribution < -0.4 is 0 Å². The molecule has 5 atom stereocenters. The van der Waals surface area contributed by atoms with Crippen LogP contribution in [0.2, 0.25) is 0 Å². The van der Waals surface area contributed by atoms with Crippen LogP contribution in [0.5, 0.6) is 0 Å². The van der Waals surface area contributed by atoms with Crippen LogP contribution in [-0.4, -0.2) is 96.7 Å². The fourth-order valence-electron chi connectivity index (χ4n) is 10.1. The van der Waals surface area contributed by atoms with Crippen molar-refractivity contribution in [1.82, 2.24) is 0 Å². The van der Waals surface area contributed by atoms with Gasteiger partial charge in [0.15, 0.2) is 12.2 Å². The second-order valence-electron chi connectivity index (χ2n) is 24.7. The van der Waals surface area contributed by atoms with Crippen LogP contribution in [0.1, 0.15) is 343 Å². The molecule has 0 amide bonds. The number of unbranched alkanes of at least 4 members (excludes halogenated alkanes) is 39. The first kappa shape index (κ1) is 84.1. The van der Waals surface area contributed by atoms with Crippen molar-refractivity contribution < 1.29 is 80.2 Å². The van der Waals surface area contributed by atoms with E-state index < -0.39 is 97.5 Å². The number of aliphatic hydroxyl groups excluding tert-OH is 1. The lowest BCUT2D eigenvalue weighted by Gasteiger charge is -2.21. The summed E-state index contributed by atoms with van der Waals surface area (Å²) in [5, 5.41) is 10.5. The highest BCUT2D eigenvalue weighted by Gasteiger charge is 2.30. The molecule has 0 aliphatic rings. The molecule has 2 unspecified atom stereocenters. The zero-order valence-corrected chi connectivity index (χ0v) is 57.2. The number of esters is 4. The summed E-state index contributed by atoms with van der Waals surface area (Å²) in [6, 6.07) is 0. The highest BCUT2D eigenvalue weighted by Crippen LogP contribution is 2.45. The van der Waals surface area contributed by atoms with E-state index in [0.29, 0.717) is 25.7 Å². The molecule has 510 valence electrons. The van der Waals surface area contributed by atoms with Crippen LogP contribution in [0, 0.1) is 5.92 Å². The number of phosphoric ester groups is 2. The number of hydrogen-bond donors (Lipinski definition) is 3. The molecule has 17 nitrogen and oxygen atoms in total. The highest BCUT2D eigenvalue weighted by molar-refractivity contribution is 7.47. The number of aliphatic hydroxyl groups is 1. The average Bonchev–Trinajstić information content (AvgIpc) is 3.55. The molecule has 0 aromatic heterocycles. The summed E-state index contributed by atoms with van der Waals surface area (Å²) >= 11 is 0. The third kappa shape index (κ3) is 60.9. The van der Waals surface area contributed by atoms with Gasteiger partial charge >= 0.3 is 39.5 Å². The number of phosphoric acid groups is 2. The maximum atomic E-state index is 13.0. The van der Waals surface area contributed by atoms with Crippen molar-refractivity contribution in [3.63, 3.8) is 0 Å². The molecule has 0 radical (unpaired) electrons. The highest BCUT2D eigenvalue weighted by atomic mass is 31.2. The van der Waals surface area contributed by atoms with Gasteiger partial charge in [0.2, 0.25) is 0 Å². The van der Waals surface area contributed by atoms with Gasteiger partial charge in [0, 0.05) is 25.7 Å². The maximum Gasteiger partial charge on any atom is 0.472 e. The Balaban J connectivity index is 5.20. The van der Waals surface area contributed by atoms with Gasteiger partial charge in [-0.1, -0.05) is 291 Å². The van der Waals surface area contributed by atoms with E-state index in [1.807, 2.05) is 0 Å². The van der Waals surface area contributed by atoms with Crippen LogP contribution >= 0.6 is 15.6 Å². The molecular formula is C67H130O17P2. The van der Waals surface area contributed by atoms with Gasteiger partial charge in [-0.25, -0.2) is 9.13 Å². The number of carbonyl (C=O) groups excluding carboxylic acids is 4. The van der Waals surface area contributed by atoms with Crippen molar-refractivity contribution in [3.8, 4) is 0 Å². The predicted octanol–water partition coefficient (Wildman–Crippen LogP) is 19.0. The monoisotopic (exact) mass is 1270 g/mol. The van der Waals surface area contributed by atoms with Gasteiger partial charge in [-0.2, -0.15) is 0 Å². The Morgan fingerprint density at radius 1 is 0.314 bits per heavy atom. The lowest BCUT2D eigenvalue weighted by atomic mass is 10.0. The Kier molecular flexibility index (Phi) is 59.2. The summed E-state index contributed by atoms with van der Waals surface area (Å²) in [5.74, 6) is -1.41. The van der Waals surface area contributed by atoms with E-state index in [1.165, 1.54) is 154 Å². The minimum Gasteiger partial charge on any atom is -0.462 e. The van der Waals surface area contributed by atoms with Gasteiger partial charge in [0.05, 0.1) is 26.4 Å². The van der Waals surface area contributed by atoms with E-state index in [4.69, 9.17) is 37.0 Å². The van der Waals surface area contributed by atoms with Crippen molar-refractivity contribution >= 4 is 39.5 Å². The van der Waals surface area contributed by atoms with Crippen molar-refractivity contribution in [2.45, 2.75) is 361 Å². The molecule has 19 heteroatoms. The van der Waals surface area contributed by atoms with Crippen LogP contribution in [0.3, 0.4) is 0 Å². The van der Waals surface area contributed by atoms with Gasteiger partial charge in [-0.15, -0.1) is 0 Å². The van der Waals surface area contributed by atoms with Crippen LogP contribution in [-0.2, 0) is 65.4 Å². The Labute approximate surface area is 524 Å². The maximum absolute atomic E-state index is 13.0. The minimum absolute atomic E-state index is 0.104. The molecule has 0 spiro atoms. The number of hydrogen-bond acceptors (Lipinski definition) is 15. The van der Waals surface area contributed by atoms with E-state index in [0.717, 1.165) is 109 Å². The summed E-state index contributed by atoms with van der Waals surface area (Å²) in [6.07, 6.45) is 45.9. The molecule has 0 saturated carbocycles. The summed E-state index contributed by atoms with van der Waals surface area (Å²) < 4.78 is 68.1. The molecule has 0 fully saturated rings. The first-order valence-corrected chi connectivity index (χ1v) is 38.1. The smallest absolute Gasteiger partial charge is 0.462 e.